The number of hydrogen-bond acceptors (Lipinski definition) is 3. The average Bonchev–Trinajstić information content (AvgIpc) is 2.48. The van der Waals surface area contributed by atoms with Gasteiger partial charge in [0.25, 0.3) is 0 Å². The van der Waals surface area contributed by atoms with Gasteiger partial charge in [-0.25, -0.2) is 0 Å². The Morgan fingerprint density at radius 1 is 1.35 bits per heavy atom. The molecule has 1 aliphatic heterocycles. The van der Waals surface area contributed by atoms with Crippen LogP contribution in [-0.4, -0.2) is 34.4 Å². The Kier molecular flexibility index (Phi) is 5.11. The van der Waals surface area contributed by atoms with Crippen molar-refractivity contribution < 1.29 is 4.79 Å². The number of hydrogen-bond donors (Lipinski definition) is 1. The van der Waals surface area contributed by atoms with Gasteiger partial charge in [0.2, 0.25) is 5.91 Å². The van der Waals surface area contributed by atoms with Crippen LogP contribution in [0.4, 0.5) is 0 Å². The lowest BCUT2D eigenvalue weighted by molar-refractivity contribution is -0.137. The van der Waals surface area contributed by atoms with Gasteiger partial charge >= 0.3 is 0 Å². The van der Waals surface area contributed by atoms with Crippen LogP contribution in [0.25, 0.3) is 0 Å². The monoisotopic (exact) mass is 292 g/mol. The van der Waals surface area contributed by atoms with Crippen LogP contribution < -0.4 is 5.73 Å². The van der Waals surface area contributed by atoms with E-state index in [9.17, 15) is 4.79 Å². The summed E-state index contributed by atoms with van der Waals surface area (Å²) < 4.78 is 0. The third-order valence-corrected chi connectivity index (χ3v) is 5.62. The van der Waals surface area contributed by atoms with Gasteiger partial charge in [0.15, 0.2) is 0 Å². The van der Waals surface area contributed by atoms with E-state index in [1.807, 2.05) is 53.9 Å². The van der Waals surface area contributed by atoms with Crippen molar-refractivity contribution in [2.45, 2.75) is 38.1 Å². The van der Waals surface area contributed by atoms with Gasteiger partial charge in [-0.3, -0.25) is 4.79 Å². The second-order valence-electron chi connectivity index (χ2n) is 5.57. The molecule has 1 fully saturated rings. The standard InChI is InChI=1S/C16H24N2OS/c1-11(15(17)14-7-5-4-6-8-14)16(19)18-9-10-20-13(3)12(18)2/h4-8,11-13,15H,9-10,17H2,1-3H3. The SMILES string of the molecule is CC1SCCN(C(=O)C(C)C(N)c2ccccc2)C1C. The molecule has 0 spiro atoms. The first-order valence-electron chi connectivity index (χ1n) is 7.25. The molecule has 1 aromatic carbocycles. The molecule has 110 valence electrons. The quantitative estimate of drug-likeness (QED) is 0.931. The van der Waals surface area contributed by atoms with E-state index < -0.39 is 0 Å². The minimum absolute atomic E-state index is 0.181. The molecule has 1 amide bonds. The highest BCUT2D eigenvalue weighted by atomic mass is 32.2. The Hall–Kier alpha value is -1.00. The molecule has 4 unspecified atom stereocenters. The highest BCUT2D eigenvalue weighted by Gasteiger charge is 2.33. The van der Waals surface area contributed by atoms with Gasteiger partial charge in [0.1, 0.15) is 0 Å². The van der Waals surface area contributed by atoms with Gasteiger partial charge in [-0.2, -0.15) is 11.8 Å². The molecule has 2 N–H and O–H groups in total. The fourth-order valence-electron chi connectivity index (χ4n) is 2.62. The van der Waals surface area contributed by atoms with Gasteiger partial charge in [-0.1, -0.05) is 44.2 Å². The Balaban J connectivity index is 2.08. The normalized spacial score (nSPS) is 26.1. The van der Waals surface area contributed by atoms with Crippen molar-refractivity contribution in [2.24, 2.45) is 11.7 Å². The van der Waals surface area contributed by atoms with Gasteiger partial charge in [-0.15, -0.1) is 0 Å². The van der Waals surface area contributed by atoms with Crippen molar-refractivity contribution in [3.8, 4) is 0 Å². The Bertz CT molecular complexity index is 451. The lowest BCUT2D eigenvalue weighted by Gasteiger charge is -2.39. The summed E-state index contributed by atoms with van der Waals surface area (Å²) in [6.45, 7) is 7.10. The number of nitrogens with two attached hydrogens (primary N) is 1. The Morgan fingerprint density at radius 3 is 2.65 bits per heavy atom. The molecule has 4 atom stereocenters. The highest BCUT2D eigenvalue weighted by Crippen LogP contribution is 2.28. The van der Waals surface area contributed by atoms with Crippen molar-refractivity contribution in [1.29, 1.82) is 0 Å². The van der Waals surface area contributed by atoms with Crippen molar-refractivity contribution in [2.75, 3.05) is 12.3 Å². The van der Waals surface area contributed by atoms with Crippen molar-refractivity contribution in [1.82, 2.24) is 4.90 Å². The largest absolute Gasteiger partial charge is 0.338 e. The maximum Gasteiger partial charge on any atom is 0.227 e. The van der Waals surface area contributed by atoms with Crippen LogP contribution in [-0.2, 0) is 4.79 Å². The van der Waals surface area contributed by atoms with Crippen LogP contribution in [0.1, 0.15) is 32.4 Å². The third kappa shape index (κ3) is 3.18. The molecule has 0 radical (unpaired) electrons. The minimum Gasteiger partial charge on any atom is -0.338 e. The van der Waals surface area contributed by atoms with Gasteiger partial charge in [0.05, 0.1) is 5.92 Å². The third-order valence-electron chi connectivity index (χ3n) is 4.28. The summed E-state index contributed by atoms with van der Waals surface area (Å²) in [6, 6.07) is 9.93. The van der Waals surface area contributed by atoms with E-state index in [0.717, 1.165) is 17.9 Å². The molecule has 20 heavy (non-hydrogen) atoms. The van der Waals surface area contributed by atoms with Crippen LogP contribution in [0, 0.1) is 5.92 Å². The molecule has 0 bridgehead atoms. The molecular weight excluding hydrogens is 268 g/mol. The molecule has 0 saturated carbocycles. The fourth-order valence-corrected chi connectivity index (χ4v) is 3.72. The van der Waals surface area contributed by atoms with Crippen LogP contribution in [0.2, 0.25) is 0 Å². The molecule has 1 aromatic rings. The topological polar surface area (TPSA) is 46.3 Å². The molecule has 0 aliphatic carbocycles. The number of benzene rings is 1. The van der Waals surface area contributed by atoms with Crippen LogP contribution in [0.3, 0.4) is 0 Å². The van der Waals surface area contributed by atoms with E-state index in [1.165, 1.54) is 0 Å². The average molecular weight is 292 g/mol. The molecule has 1 heterocycles. The molecule has 1 aliphatic rings. The number of carbonyl (C=O) groups excluding carboxylic acids is 1. The Morgan fingerprint density at radius 2 is 2.00 bits per heavy atom. The van der Waals surface area contributed by atoms with Crippen molar-refractivity contribution in [3.63, 3.8) is 0 Å². The number of rotatable bonds is 3. The number of nitrogens with zero attached hydrogens (tertiary/aromatic N) is 1. The summed E-state index contributed by atoms with van der Waals surface area (Å²) in [5.41, 5.74) is 7.30. The number of thioether (sulfide) groups is 1. The van der Waals surface area contributed by atoms with Crippen molar-refractivity contribution >= 4 is 17.7 Å². The summed E-state index contributed by atoms with van der Waals surface area (Å²) in [4.78, 5) is 14.7. The summed E-state index contributed by atoms with van der Waals surface area (Å²) in [6.07, 6.45) is 0. The summed E-state index contributed by atoms with van der Waals surface area (Å²) in [7, 11) is 0. The second-order valence-corrected chi connectivity index (χ2v) is 7.06. The van der Waals surface area contributed by atoms with Crippen LogP contribution in [0.15, 0.2) is 30.3 Å². The summed E-state index contributed by atoms with van der Waals surface area (Å²) in [5, 5.41) is 0.493. The maximum absolute atomic E-state index is 12.7. The smallest absolute Gasteiger partial charge is 0.227 e. The van der Waals surface area contributed by atoms with Gasteiger partial charge in [0, 0.05) is 29.6 Å². The molecule has 2 rings (SSSR count). The van der Waals surface area contributed by atoms with E-state index >= 15 is 0 Å². The van der Waals surface area contributed by atoms with Gasteiger partial charge < -0.3 is 10.6 Å². The number of carbonyl (C=O) groups is 1. The van der Waals surface area contributed by atoms with E-state index in [4.69, 9.17) is 5.73 Å². The second kappa shape index (κ2) is 6.64. The zero-order chi connectivity index (χ0) is 14.7. The predicted octanol–water partition coefficient (Wildman–Crippen LogP) is 2.67. The lowest BCUT2D eigenvalue weighted by Crippen LogP contribution is -2.51. The predicted molar refractivity (Wildman–Crippen MR) is 85.6 cm³/mol. The molecular formula is C16H24N2OS. The zero-order valence-electron chi connectivity index (χ0n) is 12.5. The highest BCUT2D eigenvalue weighted by molar-refractivity contribution is 8.00. The van der Waals surface area contributed by atoms with E-state index in [-0.39, 0.29) is 23.9 Å². The molecule has 1 saturated heterocycles. The molecule has 3 nitrogen and oxygen atoms in total. The van der Waals surface area contributed by atoms with Crippen LogP contribution in [0.5, 0.6) is 0 Å². The first-order chi connectivity index (χ1) is 9.52. The van der Waals surface area contributed by atoms with Crippen molar-refractivity contribution in [3.05, 3.63) is 35.9 Å². The molecule has 0 aromatic heterocycles. The first kappa shape index (κ1) is 15.4. The maximum atomic E-state index is 12.7. The lowest BCUT2D eigenvalue weighted by atomic mass is 9.93. The fraction of sp³-hybridized carbons (Fsp3) is 0.562. The Labute approximate surface area is 125 Å². The zero-order valence-corrected chi connectivity index (χ0v) is 13.3. The van der Waals surface area contributed by atoms with Gasteiger partial charge in [-0.05, 0) is 12.5 Å². The summed E-state index contributed by atoms with van der Waals surface area (Å²) in [5.74, 6) is 1.01. The van der Waals surface area contributed by atoms with E-state index in [2.05, 4.69) is 13.8 Å². The van der Waals surface area contributed by atoms with E-state index in [1.54, 1.807) is 0 Å². The molecule has 4 heteroatoms. The minimum atomic E-state index is -0.235. The number of amides is 1. The van der Waals surface area contributed by atoms with E-state index in [0.29, 0.717) is 5.25 Å². The summed E-state index contributed by atoms with van der Waals surface area (Å²) >= 11 is 1.94. The van der Waals surface area contributed by atoms with Crippen LogP contribution >= 0.6 is 11.8 Å². The first-order valence-corrected chi connectivity index (χ1v) is 8.30.